The van der Waals surface area contributed by atoms with Gasteiger partial charge in [0.15, 0.2) is 17.6 Å². The first-order chi connectivity index (χ1) is 15.6. The molecule has 2 aromatic carbocycles. The zero-order valence-electron chi connectivity index (χ0n) is 18.5. The number of rotatable bonds is 6. The summed E-state index contributed by atoms with van der Waals surface area (Å²) in [5.41, 5.74) is 1.41. The number of carbonyl (C=O) groups excluding carboxylic acids is 2. The van der Waals surface area contributed by atoms with Crippen LogP contribution in [0.3, 0.4) is 0 Å². The van der Waals surface area contributed by atoms with Crippen molar-refractivity contribution in [3.63, 3.8) is 0 Å². The van der Waals surface area contributed by atoms with Gasteiger partial charge in [0.1, 0.15) is 5.75 Å². The number of amides is 2. The summed E-state index contributed by atoms with van der Waals surface area (Å²) in [7, 11) is 3.11. The molecule has 2 amide bonds. The number of likely N-dealkylation sites (tertiary alicyclic amines) is 1. The standard InChI is InChI=1S/C24H29N3O5/c1-30-20-11-10-17(14-21(20)31-2)25-23(28)16-27-15-22(24(29)26-12-6-3-7-13-26)32-19-9-5-4-8-18(19)27/h4-5,8-11,14,22H,3,6-7,12-13,15-16H2,1-2H3,(H,25,28). The van der Waals surface area contributed by atoms with E-state index in [1.165, 1.54) is 0 Å². The van der Waals surface area contributed by atoms with Crippen LogP contribution in [0.1, 0.15) is 19.3 Å². The lowest BCUT2D eigenvalue weighted by atomic mass is 10.1. The van der Waals surface area contributed by atoms with Gasteiger partial charge in [-0.05, 0) is 43.5 Å². The van der Waals surface area contributed by atoms with Crippen LogP contribution in [0.2, 0.25) is 0 Å². The summed E-state index contributed by atoms with van der Waals surface area (Å²) in [5.74, 6) is 1.54. The molecule has 1 unspecified atom stereocenters. The van der Waals surface area contributed by atoms with Crippen molar-refractivity contribution < 1.29 is 23.8 Å². The summed E-state index contributed by atoms with van der Waals surface area (Å²) in [4.78, 5) is 29.7. The maximum Gasteiger partial charge on any atom is 0.265 e. The average Bonchev–Trinajstić information content (AvgIpc) is 2.83. The molecule has 0 aliphatic carbocycles. The second-order valence-corrected chi connectivity index (χ2v) is 7.96. The van der Waals surface area contributed by atoms with Crippen LogP contribution in [0.25, 0.3) is 0 Å². The van der Waals surface area contributed by atoms with Gasteiger partial charge in [-0.15, -0.1) is 0 Å². The number of hydrogen-bond acceptors (Lipinski definition) is 6. The van der Waals surface area contributed by atoms with Gasteiger partial charge >= 0.3 is 0 Å². The number of nitrogens with zero attached hydrogens (tertiary/aromatic N) is 2. The Morgan fingerprint density at radius 3 is 2.53 bits per heavy atom. The van der Waals surface area contributed by atoms with Crippen molar-refractivity contribution in [3.8, 4) is 17.2 Å². The number of piperidine rings is 1. The minimum atomic E-state index is -0.628. The van der Waals surface area contributed by atoms with Gasteiger partial charge < -0.3 is 29.3 Å². The summed E-state index contributed by atoms with van der Waals surface area (Å²) < 4.78 is 16.6. The first-order valence-corrected chi connectivity index (χ1v) is 10.9. The van der Waals surface area contributed by atoms with E-state index in [2.05, 4.69) is 5.32 Å². The van der Waals surface area contributed by atoms with Crippen molar-refractivity contribution in [2.45, 2.75) is 25.4 Å². The lowest BCUT2D eigenvalue weighted by Crippen LogP contribution is -2.52. The molecule has 0 saturated carbocycles. The summed E-state index contributed by atoms with van der Waals surface area (Å²) in [5, 5.41) is 2.90. The van der Waals surface area contributed by atoms with Crippen molar-refractivity contribution in [1.82, 2.24) is 4.90 Å². The fourth-order valence-corrected chi connectivity index (χ4v) is 4.19. The number of nitrogens with one attached hydrogen (secondary N) is 1. The molecule has 170 valence electrons. The number of ether oxygens (including phenoxy) is 3. The molecular formula is C24H29N3O5. The van der Waals surface area contributed by atoms with Crippen LogP contribution in [-0.4, -0.2) is 63.2 Å². The highest BCUT2D eigenvalue weighted by molar-refractivity contribution is 5.95. The predicted molar refractivity (Wildman–Crippen MR) is 122 cm³/mol. The Morgan fingerprint density at radius 2 is 1.78 bits per heavy atom. The van der Waals surface area contributed by atoms with Gasteiger partial charge in [-0.3, -0.25) is 9.59 Å². The van der Waals surface area contributed by atoms with Gasteiger partial charge in [0.25, 0.3) is 5.91 Å². The zero-order chi connectivity index (χ0) is 22.5. The highest BCUT2D eigenvalue weighted by Crippen LogP contribution is 2.34. The number of carbonyl (C=O) groups is 2. The van der Waals surface area contributed by atoms with Crippen LogP contribution >= 0.6 is 0 Å². The first kappa shape index (κ1) is 21.8. The minimum absolute atomic E-state index is 0.00972. The van der Waals surface area contributed by atoms with Crippen LogP contribution in [-0.2, 0) is 9.59 Å². The number of anilines is 2. The summed E-state index contributed by atoms with van der Waals surface area (Å²) >= 11 is 0. The maximum atomic E-state index is 13.1. The highest BCUT2D eigenvalue weighted by atomic mass is 16.5. The molecular weight excluding hydrogens is 410 g/mol. The molecule has 2 aromatic rings. The van der Waals surface area contributed by atoms with E-state index in [0.717, 1.165) is 38.0 Å². The Morgan fingerprint density at radius 1 is 1.03 bits per heavy atom. The highest BCUT2D eigenvalue weighted by Gasteiger charge is 2.34. The van der Waals surface area contributed by atoms with E-state index in [1.807, 2.05) is 34.1 Å². The van der Waals surface area contributed by atoms with E-state index >= 15 is 0 Å². The van der Waals surface area contributed by atoms with Crippen LogP contribution in [0.4, 0.5) is 11.4 Å². The Bertz CT molecular complexity index is 974. The monoisotopic (exact) mass is 439 g/mol. The van der Waals surface area contributed by atoms with E-state index in [-0.39, 0.29) is 18.4 Å². The number of para-hydroxylation sites is 2. The average molecular weight is 440 g/mol. The molecule has 2 aliphatic heterocycles. The third kappa shape index (κ3) is 4.74. The molecule has 8 nitrogen and oxygen atoms in total. The zero-order valence-corrected chi connectivity index (χ0v) is 18.5. The molecule has 32 heavy (non-hydrogen) atoms. The van der Waals surface area contributed by atoms with Crippen molar-refractivity contribution >= 4 is 23.2 Å². The van der Waals surface area contributed by atoms with E-state index in [0.29, 0.717) is 29.5 Å². The van der Waals surface area contributed by atoms with Gasteiger partial charge in [0.2, 0.25) is 5.91 Å². The molecule has 2 heterocycles. The molecule has 1 N–H and O–H groups in total. The van der Waals surface area contributed by atoms with Crippen LogP contribution in [0.15, 0.2) is 42.5 Å². The minimum Gasteiger partial charge on any atom is -0.493 e. The Hall–Kier alpha value is -3.42. The van der Waals surface area contributed by atoms with E-state index in [1.54, 1.807) is 32.4 Å². The number of methoxy groups -OCH3 is 2. The van der Waals surface area contributed by atoms with Crippen molar-refractivity contribution in [3.05, 3.63) is 42.5 Å². The molecule has 4 rings (SSSR count). The van der Waals surface area contributed by atoms with Crippen LogP contribution in [0.5, 0.6) is 17.2 Å². The van der Waals surface area contributed by atoms with Gasteiger partial charge in [0.05, 0.1) is 33.0 Å². The Kier molecular flexibility index (Phi) is 6.68. The van der Waals surface area contributed by atoms with Gasteiger partial charge in [-0.1, -0.05) is 12.1 Å². The molecule has 2 aliphatic rings. The summed E-state index contributed by atoms with van der Waals surface area (Å²) in [6, 6.07) is 12.7. The number of benzene rings is 2. The van der Waals surface area contributed by atoms with E-state index in [9.17, 15) is 9.59 Å². The normalized spacial score (nSPS) is 17.8. The van der Waals surface area contributed by atoms with Crippen molar-refractivity contribution in [1.29, 1.82) is 0 Å². The van der Waals surface area contributed by atoms with Crippen molar-refractivity contribution in [2.24, 2.45) is 0 Å². The molecule has 1 atom stereocenters. The third-order valence-electron chi connectivity index (χ3n) is 5.81. The molecule has 0 spiro atoms. The number of hydrogen-bond donors (Lipinski definition) is 1. The SMILES string of the molecule is COc1ccc(NC(=O)CN2CC(C(=O)N3CCCCC3)Oc3ccccc32)cc1OC. The van der Waals surface area contributed by atoms with Gasteiger partial charge in [0, 0.05) is 24.8 Å². The lowest BCUT2D eigenvalue weighted by Gasteiger charge is -2.38. The second kappa shape index (κ2) is 9.80. The molecule has 1 fully saturated rings. The predicted octanol–water partition coefficient (Wildman–Crippen LogP) is 2.92. The quantitative estimate of drug-likeness (QED) is 0.746. The summed E-state index contributed by atoms with van der Waals surface area (Å²) in [6.07, 6.45) is 2.57. The maximum absolute atomic E-state index is 13.1. The topological polar surface area (TPSA) is 80.3 Å². The largest absolute Gasteiger partial charge is 0.493 e. The Labute approximate surface area is 188 Å². The van der Waals surface area contributed by atoms with E-state index < -0.39 is 6.10 Å². The lowest BCUT2D eigenvalue weighted by molar-refractivity contribution is -0.139. The summed E-state index contributed by atoms with van der Waals surface area (Å²) in [6.45, 7) is 1.95. The van der Waals surface area contributed by atoms with Gasteiger partial charge in [-0.25, -0.2) is 0 Å². The second-order valence-electron chi connectivity index (χ2n) is 7.96. The first-order valence-electron chi connectivity index (χ1n) is 10.9. The third-order valence-corrected chi connectivity index (χ3v) is 5.81. The van der Waals surface area contributed by atoms with Crippen LogP contribution in [0, 0.1) is 0 Å². The molecule has 0 radical (unpaired) electrons. The van der Waals surface area contributed by atoms with E-state index in [4.69, 9.17) is 14.2 Å². The molecule has 0 bridgehead atoms. The van der Waals surface area contributed by atoms with Crippen molar-refractivity contribution in [2.75, 3.05) is 50.6 Å². The fraction of sp³-hybridized carbons (Fsp3) is 0.417. The Balaban J connectivity index is 1.47. The molecule has 1 saturated heterocycles. The molecule has 8 heteroatoms. The number of fused-ring (bicyclic) bond motifs is 1. The van der Waals surface area contributed by atoms with Gasteiger partial charge in [-0.2, -0.15) is 0 Å². The fourth-order valence-electron chi connectivity index (χ4n) is 4.19. The molecule has 0 aromatic heterocycles. The smallest absolute Gasteiger partial charge is 0.265 e. The van der Waals surface area contributed by atoms with Crippen LogP contribution < -0.4 is 24.4 Å².